The van der Waals surface area contributed by atoms with E-state index >= 15 is 0 Å². The molecule has 0 saturated heterocycles. The van der Waals surface area contributed by atoms with Crippen molar-refractivity contribution in [3.8, 4) is 0 Å². The monoisotopic (exact) mass is 604 g/mol. The van der Waals surface area contributed by atoms with E-state index in [4.69, 9.17) is 25.2 Å². The molecule has 0 fully saturated rings. The van der Waals surface area contributed by atoms with Gasteiger partial charge in [0, 0.05) is 12.8 Å². The largest absolute Gasteiger partial charge is 0.481 e. The molecule has 240 valence electrons. The molecule has 0 aliphatic rings. The van der Waals surface area contributed by atoms with Crippen LogP contribution < -0.4 is 0 Å². The van der Waals surface area contributed by atoms with Crippen molar-refractivity contribution in [2.75, 3.05) is 0 Å². The van der Waals surface area contributed by atoms with Crippen molar-refractivity contribution in [3.63, 3.8) is 0 Å². The molecule has 42 heavy (non-hydrogen) atoms. The highest BCUT2D eigenvalue weighted by Crippen LogP contribution is 2.30. The molecule has 4 N–H and O–H groups in total. The van der Waals surface area contributed by atoms with E-state index in [-0.39, 0.29) is 51.4 Å². The molecule has 0 aliphatic carbocycles. The Labute approximate surface area is 244 Å². The molecule has 0 spiro atoms. The number of hydrogen-bond donors (Lipinski definition) is 4. The molecular weight excluding hydrogens is 560 g/mol. The molecule has 0 unspecified atom stereocenters. The van der Waals surface area contributed by atoms with E-state index in [9.17, 15) is 38.4 Å². The first-order chi connectivity index (χ1) is 18.7. The summed E-state index contributed by atoms with van der Waals surface area (Å²) in [6.45, 7) is 12.3. The average Bonchev–Trinajstić information content (AvgIpc) is 2.73. The summed E-state index contributed by atoms with van der Waals surface area (Å²) >= 11 is 0. The van der Waals surface area contributed by atoms with Crippen LogP contribution in [0, 0.1) is 21.7 Å². The highest BCUT2D eigenvalue weighted by molar-refractivity contribution is 5.91. The number of carboxylic acid groups (broad SMARTS) is 4. The van der Waals surface area contributed by atoms with Crippen molar-refractivity contribution in [2.24, 2.45) is 21.7 Å². The molecule has 14 heteroatoms. The number of ether oxygens (including phenoxy) is 2. The molecule has 14 nitrogen and oxygen atoms in total. The van der Waals surface area contributed by atoms with Crippen LogP contribution in [-0.2, 0) is 47.8 Å². The summed E-state index contributed by atoms with van der Waals surface area (Å²) in [5, 5.41) is 34.6. The van der Waals surface area contributed by atoms with E-state index in [2.05, 4.69) is 4.74 Å². The molecule has 0 aromatic carbocycles. The van der Waals surface area contributed by atoms with Gasteiger partial charge in [0.2, 0.25) is 0 Å². The zero-order valence-electron chi connectivity index (χ0n) is 25.5. The lowest BCUT2D eigenvalue weighted by molar-refractivity contribution is -0.173. The van der Waals surface area contributed by atoms with Crippen LogP contribution in [0.15, 0.2) is 0 Å². The Hall–Kier alpha value is -3.84. The Bertz CT molecular complexity index is 953. The second-order valence-electron chi connectivity index (χ2n) is 12.9. The molecule has 0 saturated carbocycles. The normalized spacial score (nSPS) is 11.8. The van der Waals surface area contributed by atoms with E-state index < -0.39 is 69.4 Å². The molecule has 0 amide bonds. The summed E-state index contributed by atoms with van der Waals surface area (Å²) in [4.78, 5) is 89.4. The Morgan fingerprint density at radius 1 is 0.452 bits per heavy atom. The minimum Gasteiger partial charge on any atom is -0.481 e. The zero-order valence-corrected chi connectivity index (χ0v) is 25.5. The third-order valence-electron chi connectivity index (χ3n) is 5.95. The standard InChI is InChI=1S/2C14H22O7/c1-13(2,5-9(15)16)7-11(19)21-12(20)8-14(3,4)6-10(17)18;1-13(2,7-5-9(15)16)11(19)21-12(20)14(3,4)8-6-10(17)18/h2*5-8H2,1-4H3,(H,15,16)(H,17,18). The van der Waals surface area contributed by atoms with Crippen molar-refractivity contribution in [3.05, 3.63) is 0 Å². The van der Waals surface area contributed by atoms with E-state index in [1.165, 1.54) is 27.7 Å². The average molecular weight is 605 g/mol. The zero-order chi connectivity index (χ0) is 33.7. The third-order valence-corrected chi connectivity index (χ3v) is 5.95. The summed E-state index contributed by atoms with van der Waals surface area (Å²) in [5.74, 6) is -7.39. The maximum absolute atomic E-state index is 11.9. The molecule has 0 rings (SSSR count). The number of hydrogen-bond acceptors (Lipinski definition) is 10. The van der Waals surface area contributed by atoms with Gasteiger partial charge in [0.1, 0.15) is 0 Å². The van der Waals surface area contributed by atoms with Crippen LogP contribution in [0.4, 0.5) is 0 Å². The Morgan fingerprint density at radius 2 is 0.738 bits per heavy atom. The molecule has 0 bridgehead atoms. The Kier molecular flexibility index (Phi) is 15.9. The number of esters is 4. The Morgan fingerprint density at radius 3 is 0.976 bits per heavy atom. The van der Waals surface area contributed by atoms with E-state index in [1.807, 2.05) is 0 Å². The van der Waals surface area contributed by atoms with Gasteiger partial charge in [-0.05, 0) is 51.4 Å². The fraction of sp³-hybridized carbons (Fsp3) is 0.714. The van der Waals surface area contributed by atoms with Crippen molar-refractivity contribution in [2.45, 2.75) is 107 Å². The number of aliphatic carboxylic acids is 4. The summed E-state index contributed by atoms with van der Waals surface area (Å²) in [7, 11) is 0. The van der Waals surface area contributed by atoms with Crippen LogP contribution in [0.5, 0.6) is 0 Å². The van der Waals surface area contributed by atoms with Gasteiger partial charge in [-0.2, -0.15) is 0 Å². The third kappa shape index (κ3) is 19.3. The van der Waals surface area contributed by atoms with Gasteiger partial charge in [-0.25, -0.2) is 0 Å². The molecule has 0 aromatic rings. The van der Waals surface area contributed by atoms with E-state index in [1.54, 1.807) is 27.7 Å². The molecule has 0 heterocycles. The van der Waals surface area contributed by atoms with E-state index in [0.717, 1.165) is 0 Å². The van der Waals surface area contributed by atoms with Crippen LogP contribution in [0.3, 0.4) is 0 Å². The minimum absolute atomic E-state index is 0.0456. The smallest absolute Gasteiger partial charge is 0.319 e. The highest BCUT2D eigenvalue weighted by atomic mass is 16.6. The van der Waals surface area contributed by atoms with Crippen LogP contribution in [0.1, 0.15) is 107 Å². The van der Waals surface area contributed by atoms with Crippen molar-refractivity contribution in [1.82, 2.24) is 0 Å². The number of rotatable bonds is 16. The Balaban J connectivity index is 0. The second kappa shape index (κ2) is 16.6. The van der Waals surface area contributed by atoms with E-state index in [0.29, 0.717) is 0 Å². The molecule has 0 atom stereocenters. The predicted octanol–water partition coefficient (Wildman–Crippen LogP) is 3.68. The first-order valence-electron chi connectivity index (χ1n) is 13.1. The number of carbonyl (C=O) groups is 8. The minimum atomic E-state index is -1.10. The summed E-state index contributed by atoms with van der Waals surface area (Å²) in [6, 6.07) is 0. The van der Waals surface area contributed by atoms with Gasteiger partial charge in [0.25, 0.3) is 0 Å². The lowest BCUT2D eigenvalue weighted by Gasteiger charge is -2.25. The predicted molar refractivity (Wildman–Crippen MR) is 145 cm³/mol. The SMILES string of the molecule is CC(C)(CC(=O)O)CC(=O)OC(=O)CC(C)(C)CC(=O)O.CC(C)(CCC(=O)O)C(=O)OC(=O)C(C)(C)CCC(=O)O. The van der Waals surface area contributed by atoms with Gasteiger partial charge < -0.3 is 29.9 Å². The first-order valence-corrected chi connectivity index (χ1v) is 13.1. The lowest BCUT2D eigenvalue weighted by Crippen LogP contribution is -2.35. The molecule has 0 aliphatic heterocycles. The van der Waals surface area contributed by atoms with Gasteiger partial charge in [0.15, 0.2) is 0 Å². The van der Waals surface area contributed by atoms with Crippen molar-refractivity contribution in [1.29, 1.82) is 0 Å². The fourth-order valence-electron chi connectivity index (χ4n) is 3.33. The first kappa shape index (κ1) is 40.3. The van der Waals surface area contributed by atoms with Crippen LogP contribution >= 0.6 is 0 Å². The van der Waals surface area contributed by atoms with Crippen LogP contribution in [0.2, 0.25) is 0 Å². The fourth-order valence-corrected chi connectivity index (χ4v) is 3.33. The van der Waals surface area contributed by atoms with Gasteiger partial charge in [-0.3, -0.25) is 38.4 Å². The van der Waals surface area contributed by atoms with Gasteiger partial charge in [-0.1, -0.05) is 27.7 Å². The van der Waals surface area contributed by atoms with Gasteiger partial charge >= 0.3 is 47.8 Å². The summed E-state index contributed by atoms with van der Waals surface area (Å²) < 4.78 is 9.40. The summed E-state index contributed by atoms with van der Waals surface area (Å²) in [5.41, 5.74) is -3.84. The van der Waals surface area contributed by atoms with Crippen LogP contribution in [-0.4, -0.2) is 68.2 Å². The van der Waals surface area contributed by atoms with Crippen molar-refractivity contribution >= 4 is 47.8 Å². The quantitative estimate of drug-likeness (QED) is 0.145. The maximum atomic E-state index is 11.9. The topological polar surface area (TPSA) is 236 Å². The molecular formula is C28H44O14. The second-order valence-corrected chi connectivity index (χ2v) is 12.9. The highest BCUT2D eigenvalue weighted by Gasteiger charge is 2.37. The van der Waals surface area contributed by atoms with Gasteiger partial charge in [0.05, 0.1) is 36.5 Å². The number of carbonyl (C=O) groups excluding carboxylic acids is 4. The summed E-state index contributed by atoms with van der Waals surface area (Å²) in [6.07, 6.45) is -1.18. The molecule has 0 radical (unpaired) electrons. The lowest BCUT2D eigenvalue weighted by atomic mass is 9.85. The van der Waals surface area contributed by atoms with Crippen LogP contribution in [0.25, 0.3) is 0 Å². The van der Waals surface area contributed by atoms with Gasteiger partial charge in [-0.15, -0.1) is 0 Å². The molecule has 0 aromatic heterocycles. The maximum Gasteiger partial charge on any atom is 0.319 e. The number of carboxylic acids is 4. The van der Waals surface area contributed by atoms with Crippen molar-refractivity contribution < 1.29 is 68.3 Å².